The molecule has 0 radical (unpaired) electrons. The number of rotatable bonds is 4. The predicted octanol–water partition coefficient (Wildman–Crippen LogP) is 3.16. The molecule has 0 N–H and O–H groups in total. The van der Waals surface area contributed by atoms with Crippen molar-refractivity contribution in [2.75, 3.05) is 13.4 Å². The molecule has 0 saturated carbocycles. The van der Waals surface area contributed by atoms with Crippen LogP contribution in [-0.4, -0.2) is 19.4 Å². The largest absolute Gasteiger partial charge is 0.482 e. The molecule has 3 rings (SSSR count). The molecule has 6 heteroatoms. The standard InChI is InChI=1S/C15H11BrO5/c16-10-1-3-11(4-2-10)18-8-15(17)21-12-5-6-13-14(7-12)20-9-19-13/h1-7H,8-9H2. The predicted molar refractivity (Wildman–Crippen MR) is 77.8 cm³/mol. The lowest BCUT2D eigenvalue weighted by atomic mass is 10.3. The lowest BCUT2D eigenvalue weighted by molar-refractivity contribution is -0.136. The van der Waals surface area contributed by atoms with Crippen molar-refractivity contribution >= 4 is 21.9 Å². The molecule has 0 unspecified atom stereocenters. The van der Waals surface area contributed by atoms with Gasteiger partial charge >= 0.3 is 5.97 Å². The second-order valence-corrected chi connectivity index (χ2v) is 5.15. The summed E-state index contributed by atoms with van der Waals surface area (Å²) in [5, 5.41) is 0. The summed E-state index contributed by atoms with van der Waals surface area (Å²) in [6, 6.07) is 12.1. The van der Waals surface area contributed by atoms with Crippen LogP contribution < -0.4 is 18.9 Å². The zero-order chi connectivity index (χ0) is 14.7. The summed E-state index contributed by atoms with van der Waals surface area (Å²) in [5.74, 6) is 1.70. The van der Waals surface area contributed by atoms with Crippen LogP contribution in [0.15, 0.2) is 46.9 Å². The normalized spacial score (nSPS) is 12.0. The van der Waals surface area contributed by atoms with E-state index in [1.165, 1.54) is 0 Å². The fourth-order valence-corrected chi connectivity index (χ4v) is 2.04. The minimum absolute atomic E-state index is 0.171. The number of carbonyl (C=O) groups is 1. The minimum atomic E-state index is -0.489. The van der Waals surface area contributed by atoms with Gasteiger partial charge in [-0.2, -0.15) is 0 Å². The second-order valence-electron chi connectivity index (χ2n) is 4.23. The maximum atomic E-state index is 11.7. The molecule has 1 aliphatic rings. The Morgan fingerprint density at radius 3 is 2.57 bits per heavy atom. The third-order valence-corrected chi connectivity index (χ3v) is 3.27. The summed E-state index contributed by atoms with van der Waals surface area (Å²) in [5.41, 5.74) is 0. The number of halogens is 1. The number of carbonyl (C=O) groups excluding carboxylic acids is 1. The molecule has 5 nitrogen and oxygen atoms in total. The van der Waals surface area contributed by atoms with E-state index in [0.29, 0.717) is 23.0 Å². The van der Waals surface area contributed by atoms with Gasteiger partial charge in [-0.05, 0) is 36.4 Å². The molecule has 2 aromatic carbocycles. The van der Waals surface area contributed by atoms with Crippen molar-refractivity contribution in [1.29, 1.82) is 0 Å². The average molecular weight is 351 g/mol. The smallest absolute Gasteiger partial charge is 0.349 e. The van der Waals surface area contributed by atoms with Crippen LogP contribution in [0.5, 0.6) is 23.0 Å². The van der Waals surface area contributed by atoms with Crippen molar-refractivity contribution in [3.63, 3.8) is 0 Å². The maximum Gasteiger partial charge on any atom is 0.349 e. The Labute approximate surface area is 129 Å². The Morgan fingerprint density at radius 1 is 1.05 bits per heavy atom. The van der Waals surface area contributed by atoms with Crippen molar-refractivity contribution in [3.05, 3.63) is 46.9 Å². The van der Waals surface area contributed by atoms with Gasteiger partial charge in [-0.3, -0.25) is 0 Å². The van der Waals surface area contributed by atoms with Gasteiger partial charge in [0.1, 0.15) is 11.5 Å². The first kappa shape index (κ1) is 13.8. The van der Waals surface area contributed by atoms with Gasteiger partial charge in [-0.1, -0.05) is 15.9 Å². The van der Waals surface area contributed by atoms with Gasteiger partial charge in [0, 0.05) is 10.5 Å². The van der Waals surface area contributed by atoms with E-state index in [0.717, 1.165) is 4.47 Å². The number of esters is 1. The molecule has 0 aromatic heterocycles. The SMILES string of the molecule is O=C(COc1ccc(Br)cc1)Oc1ccc2c(c1)OCO2. The van der Waals surface area contributed by atoms with Crippen molar-refractivity contribution in [2.24, 2.45) is 0 Å². The van der Waals surface area contributed by atoms with E-state index in [9.17, 15) is 4.79 Å². The van der Waals surface area contributed by atoms with E-state index in [4.69, 9.17) is 18.9 Å². The highest BCUT2D eigenvalue weighted by Gasteiger charge is 2.15. The molecule has 2 aromatic rings. The molecule has 21 heavy (non-hydrogen) atoms. The molecule has 0 amide bonds. The quantitative estimate of drug-likeness (QED) is 0.626. The van der Waals surface area contributed by atoms with Crippen LogP contribution in [0, 0.1) is 0 Å². The summed E-state index contributed by atoms with van der Waals surface area (Å²) < 4.78 is 21.8. The van der Waals surface area contributed by atoms with Crippen LogP contribution in [0.3, 0.4) is 0 Å². The Kier molecular flexibility index (Phi) is 3.96. The highest BCUT2D eigenvalue weighted by molar-refractivity contribution is 9.10. The maximum absolute atomic E-state index is 11.7. The number of hydrogen-bond acceptors (Lipinski definition) is 5. The molecular formula is C15H11BrO5. The van der Waals surface area contributed by atoms with E-state index in [1.54, 1.807) is 30.3 Å². The summed E-state index contributed by atoms with van der Waals surface area (Å²) in [6.07, 6.45) is 0. The first-order valence-electron chi connectivity index (χ1n) is 6.19. The second kappa shape index (κ2) is 6.05. The highest BCUT2D eigenvalue weighted by atomic mass is 79.9. The molecule has 0 atom stereocenters. The average Bonchev–Trinajstić information content (AvgIpc) is 2.94. The van der Waals surface area contributed by atoms with Gasteiger partial charge in [-0.25, -0.2) is 4.79 Å². The van der Waals surface area contributed by atoms with E-state index in [-0.39, 0.29) is 13.4 Å². The van der Waals surface area contributed by atoms with Crippen LogP contribution in [0.4, 0.5) is 0 Å². The molecule has 108 valence electrons. The van der Waals surface area contributed by atoms with E-state index in [1.807, 2.05) is 12.1 Å². The Hall–Kier alpha value is -2.21. The topological polar surface area (TPSA) is 54.0 Å². The number of fused-ring (bicyclic) bond motifs is 1. The van der Waals surface area contributed by atoms with Gasteiger partial charge in [-0.15, -0.1) is 0 Å². The first-order valence-corrected chi connectivity index (χ1v) is 6.99. The molecule has 0 spiro atoms. The van der Waals surface area contributed by atoms with Gasteiger partial charge < -0.3 is 18.9 Å². The monoisotopic (exact) mass is 350 g/mol. The van der Waals surface area contributed by atoms with Gasteiger partial charge in [0.25, 0.3) is 0 Å². The number of benzene rings is 2. The fraction of sp³-hybridized carbons (Fsp3) is 0.133. The molecule has 1 heterocycles. The van der Waals surface area contributed by atoms with E-state index < -0.39 is 5.97 Å². The fourth-order valence-electron chi connectivity index (χ4n) is 1.77. The van der Waals surface area contributed by atoms with Crippen molar-refractivity contribution in [2.45, 2.75) is 0 Å². The van der Waals surface area contributed by atoms with Crippen LogP contribution in [-0.2, 0) is 4.79 Å². The third-order valence-electron chi connectivity index (χ3n) is 2.75. The highest BCUT2D eigenvalue weighted by Crippen LogP contribution is 2.35. The summed E-state index contributed by atoms with van der Waals surface area (Å²) in [7, 11) is 0. The number of ether oxygens (including phenoxy) is 4. The van der Waals surface area contributed by atoms with Gasteiger partial charge in [0.2, 0.25) is 6.79 Å². The number of hydrogen-bond donors (Lipinski definition) is 0. The lowest BCUT2D eigenvalue weighted by Crippen LogP contribution is -2.17. The third kappa shape index (κ3) is 3.46. The lowest BCUT2D eigenvalue weighted by Gasteiger charge is -2.07. The molecule has 0 saturated heterocycles. The van der Waals surface area contributed by atoms with E-state index in [2.05, 4.69) is 15.9 Å². The minimum Gasteiger partial charge on any atom is -0.482 e. The van der Waals surface area contributed by atoms with Crippen LogP contribution in [0.25, 0.3) is 0 Å². The van der Waals surface area contributed by atoms with Crippen LogP contribution >= 0.6 is 15.9 Å². The van der Waals surface area contributed by atoms with Crippen LogP contribution in [0.2, 0.25) is 0 Å². The molecule has 0 aliphatic carbocycles. The Morgan fingerprint density at radius 2 is 1.76 bits per heavy atom. The molecule has 1 aliphatic heterocycles. The molecule has 0 bridgehead atoms. The van der Waals surface area contributed by atoms with Crippen molar-refractivity contribution in [1.82, 2.24) is 0 Å². The first-order chi connectivity index (χ1) is 10.2. The summed E-state index contributed by atoms with van der Waals surface area (Å²) in [4.78, 5) is 11.7. The van der Waals surface area contributed by atoms with Crippen LogP contribution in [0.1, 0.15) is 0 Å². The summed E-state index contributed by atoms with van der Waals surface area (Å²) >= 11 is 3.32. The summed E-state index contributed by atoms with van der Waals surface area (Å²) in [6.45, 7) is 0.00941. The zero-order valence-corrected chi connectivity index (χ0v) is 12.5. The Bertz CT molecular complexity index is 654. The zero-order valence-electron chi connectivity index (χ0n) is 10.9. The van der Waals surface area contributed by atoms with E-state index >= 15 is 0 Å². The molecular weight excluding hydrogens is 340 g/mol. The van der Waals surface area contributed by atoms with Crippen molar-refractivity contribution < 1.29 is 23.7 Å². The molecule has 0 fully saturated rings. The van der Waals surface area contributed by atoms with Gasteiger partial charge in [0.05, 0.1) is 0 Å². The van der Waals surface area contributed by atoms with Crippen molar-refractivity contribution in [3.8, 4) is 23.0 Å². The van der Waals surface area contributed by atoms with Gasteiger partial charge in [0.15, 0.2) is 18.1 Å². The Balaban J connectivity index is 1.55.